The number of allylic oxidation sites excluding steroid dienone is 1. The topological polar surface area (TPSA) is 48.7 Å². The number of ketones is 1. The number of methoxy groups -OCH3 is 1. The summed E-state index contributed by atoms with van der Waals surface area (Å²) in [6.07, 6.45) is 3.12. The van der Waals surface area contributed by atoms with Crippen LogP contribution in [-0.4, -0.2) is 12.9 Å². The van der Waals surface area contributed by atoms with Crippen molar-refractivity contribution in [2.75, 3.05) is 7.11 Å². The molecule has 5 heteroatoms. The lowest BCUT2D eigenvalue weighted by Crippen LogP contribution is -1.94. The van der Waals surface area contributed by atoms with Crippen LogP contribution < -0.4 is 9.47 Å². The van der Waals surface area contributed by atoms with Gasteiger partial charge in [-0.15, -0.1) is 0 Å². The van der Waals surface area contributed by atoms with Crippen molar-refractivity contribution in [1.82, 2.24) is 0 Å². The van der Waals surface area contributed by atoms with Crippen molar-refractivity contribution < 1.29 is 18.7 Å². The molecule has 0 bridgehead atoms. The molecule has 0 atom stereocenters. The van der Waals surface area contributed by atoms with Gasteiger partial charge >= 0.3 is 0 Å². The van der Waals surface area contributed by atoms with E-state index < -0.39 is 0 Å². The Kier molecular flexibility index (Phi) is 5.92. The highest BCUT2D eigenvalue weighted by molar-refractivity contribution is 9.10. The molecule has 26 heavy (non-hydrogen) atoms. The minimum absolute atomic E-state index is 0.118. The summed E-state index contributed by atoms with van der Waals surface area (Å²) in [5, 5.41) is 0. The Morgan fingerprint density at radius 1 is 1.08 bits per heavy atom. The zero-order valence-electron chi connectivity index (χ0n) is 14.1. The second-order valence-electron chi connectivity index (χ2n) is 5.48. The largest absolute Gasteiger partial charge is 0.497 e. The number of carbonyl (C=O) groups is 1. The molecule has 2 aromatic carbocycles. The molecular formula is C21H17BrO4. The Bertz CT molecular complexity index is 910. The monoisotopic (exact) mass is 412 g/mol. The molecule has 3 rings (SSSR count). The van der Waals surface area contributed by atoms with Crippen LogP contribution in [0, 0.1) is 0 Å². The van der Waals surface area contributed by atoms with Gasteiger partial charge in [-0.1, -0.05) is 28.1 Å². The Morgan fingerprint density at radius 3 is 2.65 bits per heavy atom. The number of furan rings is 1. The first-order valence-corrected chi connectivity index (χ1v) is 8.77. The van der Waals surface area contributed by atoms with E-state index in [9.17, 15) is 4.79 Å². The second kappa shape index (κ2) is 8.54. The van der Waals surface area contributed by atoms with Crippen molar-refractivity contribution in [2.24, 2.45) is 0 Å². The fourth-order valence-corrected chi connectivity index (χ4v) is 2.54. The van der Waals surface area contributed by atoms with E-state index in [4.69, 9.17) is 13.9 Å². The van der Waals surface area contributed by atoms with E-state index in [0.717, 1.165) is 10.2 Å². The van der Waals surface area contributed by atoms with Crippen LogP contribution in [0.2, 0.25) is 0 Å². The van der Waals surface area contributed by atoms with Crippen molar-refractivity contribution >= 4 is 27.8 Å². The predicted molar refractivity (Wildman–Crippen MR) is 104 cm³/mol. The average Bonchev–Trinajstić information content (AvgIpc) is 3.13. The lowest BCUT2D eigenvalue weighted by molar-refractivity contribution is 0.104. The first-order valence-electron chi connectivity index (χ1n) is 7.97. The maximum Gasteiger partial charge on any atom is 0.186 e. The number of benzene rings is 2. The molecular weight excluding hydrogens is 396 g/mol. The average molecular weight is 413 g/mol. The fourth-order valence-electron chi connectivity index (χ4n) is 2.28. The zero-order chi connectivity index (χ0) is 18.4. The van der Waals surface area contributed by atoms with Gasteiger partial charge in [0, 0.05) is 10.0 Å². The summed E-state index contributed by atoms with van der Waals surface area (Å²) in [4.78, 5) is 12.2. The van der Waals surface area contributed by atoms with Crippen LogP contribution in [-0.2, 0) is 6.61 Å². The van der Waals surface area contributed by atoms with E-state index >= 15 is 0 Å². The Balaban J connectivity index is 1.59. The van der Waals surface area contributed by atoms with Crippen LogP contribution in [0.4, 0.5) is 0 Å². The molecule has 0 radical (unpaired) electrons. The summed E-state index contributed by atoms with van der Waals surface area (Å²) in [5.74, 6) is 2.56. The summed E-state index contributed by atoms with van der Waals surface area (Å²) < 4.78 is 17.4. The summed E-state index contributed by atoms with van der Waals surface area (Å²) in [6.45, 7) is 0.319. The van der Waals surface area contributed by atoms with E-state index in [1.165, 1.54) is 6.08 Å². The quantitative estimate of drug-likeness (QED) is 0.378. The molecule has 1 aromatic heterocycles. The first kappa shape index (κ1) is 18.0. The van der Waals surface area contributed by atoms with Crippen LogP contribution >= 0.6 is 15.9 Å². The molecule has 0 N–H and O–H groups in total. The molecule has 1 heterocycles. The zero-order valence-corrected chi connectivity index (χ0v) is 15.7. The fraction of sp³-hybridized carbons (Fsp3) is 0.0952. The van der Waals surface area contributed by atoms with E-state index in [1.54, 1.807) is 43.5 Å². The Hall–Kier alpha value is -2.79. The number of carbonyl (C=O) groups excluding carboxylic acids is 1. The smallest absolute Gasteiger partial charge is 0.186 e. The normalized spacial score (nSPS) is 10.8. The molecule has 0 aliphatic carbocycles. The number of hydrogen-bond donors (Lipinski definition) is 0. The summed E-state index contributed by atoms with van der Waals surface area (Å²) in [7, 11) is 1.57. The highest BCUT2D eigenvalue weighted by atomic mass is 79.9. The van der Waals surface area contributed by atoms with Crippen molar-refractivity contribution in [3.05, 3.63) is 88.3 Å². The van der Waals surface area contributed by atoms with Crippen LogP contribution in [0.15, 0.2) is 75.6 Å². The Morgan fingerprint density at radius 2 is 1.88 bits per heavy atom. The molecule has 0 spiro atoms. The van der Waals surface area contributed by atoms with Crippen LogP contribution in [0.1, 0.15) is 21.9 Å². The number of rotatable bonds is 7. The molecule has 0 unspecified atom stereocenters. The second-order valence-corrected chi connectivity index (χ2v) is 6.39. The summed E-state index contributed by atoms with van der Waals surface area (Å²) in [6, 6.07) is 18.2. The van der Waals surface area contributed by atoms with Gasteiger partial charge in [-0.3, -0.25) is 4.79 Å². The van der Waals surface area contributed by atoms with Gasteiger partial charge in [0.2, 0.25) is 0 Å². The minimum atomic E-state index is -0.118. The lowest BCUT2D eigenvalue weighted by Gasteiger charge is -2.03. The van der Waals surface area contributed by atoms with Gasteiger partial charge in [-0.25, -0.2) is 0 Å². The van der Waals surface area contributed by atoms with Gasteiger partial charge in [0.1, 0.15) is 29.6 Å². The molecule has 0 saturated heterocycles. The third kappa shape index (κ3) is 4.86. The molecule has 0 fully saturated rings. The van der Waals surface area contributed by atoms with Crippen LogP contribution in [0.3, 0.4) is 0 Å². The van der Waals surface area contributed by atoms with Crippen molar-refractivity contribution in [3.63, 3.8) is 0 Å². The van der Waals surface area contributed by atoms with E-state index in [-0.39, 0.29) is 5.78 Å². The van der Waals surface area contributed by atoms with Crippen molar-refractivity contribution in [1.29, 1.82) is 0 Å². The molecule has 0 saturated carbocycles. The number of halogens is 1. The minimum Gasteiger partial charge on any atom is -0.497 e. The van der Waals surface area contributed by atoms with Gasteiger partial charge in [0.25, 0.3) is 0 Å². The number of ether oxygens (including phenoxy) is 2. The molecule has 4 nitrogen and oxygen atoms in total. The standard InChI is InChI=1S/C21H17BrO4/c1-24-19-4-2-3-15(13-19)21(23)12-11-18-9-10-20(26-18)14-25-17-7-5-16(22)6-8-17/h2-13H,14H2,1H3/b12-11+. The van der Waals surface area contributed by atoms with Crippen LogP contribution in [0.25, 0.3) is 6.08 Å². The van der Waals surface area contributed by atoms with E-state index in [0.29, 0.717) is 29.4 Å². The SMILES string of the molecule is COc1cccc(C(=O)/C=C/c2ccc(COc3ccc(Br)cc3)o2)c1. The molecule has 132 valence electrons. The molecule has 3 aromatic rings. The third-order valence-electron chi connectivity index (χ3n) is 3.63. The molecule has 0 amide bonds. The highest BCUT2D eigenvalue weighted by Gasteiger charge is 2.05. The summed E-state index contributed by atoms with van der Waals surface area (Å²) in [5.41, 5.74) is 0.561. The summed E-state index contributed by atoms with van der Waals surface area (Å²) >= 11 is 3.38. The maximum absolute atomic E-state index is 12.2. The molecule has 0 aliphatic heterocycles. The van der Waals surface area contributed by atoms with Gasteiger partial charge in [-0.2, -0.15) is 0 Å². The first-order chi connectivity index (χ1) is 12.6. The molecule has 0 aliphatic rings. The Labute approximate surface area is 160 Å². The van der Waals surface area contributed by atoms with Crippen molar-refractivity contribution in [2.45, 2.75) is 6.61 Å². The highest BCUT2D eigenvalue weighted by Crippen LogP contribution is 2.19. The van der Waals surface area contributed by atoms with Gasteiger partial charge in [0.15, 0.2) is 5.78 Å². The van der Waals surface area contributed by atoms with Gasteiger partial charge in [0.05, 0.1) is 7.11 Å². The van der Waals surface area contributed by atoms with Crippen LogP contribution in [0.5, 0.6) is 11.5 Å². The third-order valence-corrected chi connectivity index (χ3v) is 4.16. The predicted octanol–water partition coefficient (Wildman–Crippen LogP) is 5.53. The van der Waals surface area contributed by atoms with E-state index in [1.807, 2.05) is 30.3 Å². The lowest BCUT2D eigenvalue weighted by atomic mass is 10.1. The van der Waals surface area contributed by atoms with Crippen molar-refractivity contribution in [3.8, 4) is 11.5 Å². The maximum atomic E-state index is 12.2. The van der Waals surface area contributed by atoms with Gasteiger partial charge in [-0.05, 0) is 60.7 Å². The number of hydrogen-bond acceptors (Lipinski definition) is 4. The van der Waals surface area contributed by atoms with E-state index in [2.05, 4.69) is 15.9 Å². The van der Waals surface area contributed by atoms with Gasteiger partial charge < -0.3 is 13.9 Å².